The molecule has 1 atom stereocenters. The van der Waals surface area contributed by atoms with Crippen molar-refractivity contribution in [1.82, 2.24) is 0 Å². The Labute approximate surface area is 88.2 Å². The van der Waals surface area contributed by atoms with Gasteiger partial charge in [-0.3, -0.25) is 0 Å². The molecule has 3 nitrogen and oxygen atoms in total. The van der Waals surface area contributed by atoms with Crippen LogP contribution >= 0.6 is 0 Å². The molecule has 0 aliphatic rings. The van der Waals surface area contributed by atoms with Crippen molar-refractivity contribution >= 4 is 8.80 Å². The lowest BCUT2D eigenvalue weighted by molar-refractivity contribution is 0.0810. The van der Waals surface area contributed by atoms with Crippen LogP contribution in [0.2, 0.25) is 6.04 Å². The van der Waals surface area contributed by atoms with E-state index < -0.39 is 27.7 Å². The highest BCUT2D eigenvalue weighted by Gasteiger charge is 2.37. The minimum Gasteiger partial charge on any atom is -0.377 e. The van der Waals surface area contributed by atoms with Crippen molar-refractivity contribution in [2.75, 3.05) is 20.8 Å². The van der Waals surface area contributed by atoms with Crippen molar-refractivity contribution in [2.24, 2.45) is 0 Å². The van der Waals surface area contributed by atoms with Crippen molar-refractivity contribution in [1.29, 1.82) is 0 Å². The Hall–Kier alpha value is -0.373. The van der Waals surface area contributed by atoms with Gasteiger partial charge in [0.15, 0.2) is 0 Å². The molecular formula is C8H15F3O3Si. The van der Waals surface area contributed by atoms with Crippen LogP contribution in [0, 0.1) is 0 Å². The van der Waals surface area contributed by atoms with Gasteiger partial charge in [0, 0.05) is 26.3 Å². The molecule has 0 radical (unpaired) electrons. The van der Waals surface area contributed by atoms with Gasteiger partial charge in [-0.2, -0.15) is 8.78 Å². The number of hydrogen-bond acceptors (Lipinski definition) is 3. The summed E-state index contributed by atoms with van der Waals surface area (Å²) in [6.45, 7) is 1.27. The Morgan fingerprint density at radius 2 is 1.87 bits per heavy atom. The highest BCUT2D eigenvalue weighted by molar-refractivity contribution is 6.60. The third-order valence-electron chi connectivity index (χ3n) is 1.82. The molecular weight excluding hydrogens is 229 g/mol. The zero-order valence-corrected chi connectivity index (χ0v) is 9.93. The predicted molar refractivity (Wildman–Crippen MR) is 51.4 cm³/mol. The second-order valence-electron chi connectivity index (χ2n) is 2.73. The van der Waals surface area contributed by atoms with Crippen LogP contribution < -0.4 is 0 Å². The summed E-state index contributed by atoms with van der Waals surface area (Å²) in [5.74, 6) is 0. The lowest BCUT2D eigenvalue weighted by Crippen LogP contribution is -2.44. The van der Waals surface area contributed by atoms with Gasteiger partial charge in [0.05, 0.1) is 6.61 Å². The van der Waals surface area contributed by atoms with E-state index in [2.05, 4.69) is 0 Å². The van der Waals surface area contributed by atoms with E-state index in [9.17, 15) is 13.2 Å². The topological polar surface area (TPSA) is 27.7 Å². The number of rotatable bonds is 7. The first-order valence-corrected chi connectivity index (χ1v) is 6.34. The molecule has 0 fully saturated rings. The average Bonchev–Trinajstić information content (AvgIpc) is 2.20. The fourth-order valence-corrected chi connectivity index (χ4v) is 2.58. The molecule has 0 heterocycles. The van der Waals surface area contributed by atoms with Gasteiger partial charge in [0.2, 0.25) is 0 Å². The summed E-state index contributed by atoms with van der Waals surface area (Å²) in [6, 6.07) is 0.453. The van der Waals surface area contributed by atoms with Crippen LogP contribution in [0.1, 0.15) is 6.92 Å². The normalized spacial score (nSPS) is 13.7. The van der Waals surface area contributed by atoms with Gasteiger partial charge in [-0.1, -0.05) is 6.92 Å². The minimum atomic E-state index is -2.85. The molecule has 0 rings (SSSR count). The van der Waals surface area contributed by atoms with Gasteiger partial charge in [0.25, 0.3) is 6.08 Å². The maximum atomic E-state index is 12.8. The Balaban J connectivity index is 4.16. The molecule has 0 N–H and O–H groups in total. The molecule has 0 amide bonds. The van der Waals surface area contributed by atoms with Crippen LogP contribution in [0.15, 0.2) is 12.2 Å². The van der Waals surface area contributed by atoms with Crippen molar-refractivity contribution in [3.8, 4) is 0 Å². The summed E-state index contributed by atoms with van der Waals surface area (Å²) in [5, 5.41) is 0. The maximum Gasteiger partial charge on any atom is 0.500 e. The van der Waals surface area contributed by atoms with E-state index in [1.54, 1.807) is 6.92 Å². The molecule has 0 saturated heterocycles. The molecule has 0 spiro atoms. The second-order valence-corrected chi connectivity index (χ2v) is 5.91. The fraction of sp³-hybridized carbons (Fsp3) is 0.750. The zero-order chi connectivity index (χ0) is 11.9. The largest absolute Gasteiger partial charge is 0.500 e. The van der Waals surface area contributed by atoms with Crippen LogP contribution in [0.3, 0.4) is 0 Å². The Morgan fingerprint density at radius 1 is 1.33 bits per heavy atom. The van der Waals surface area contributed by atoms with Gasteiger partial charge in [-0.15, -0.1) is 0 Å². The standard InChI is InChI=1S/C8H15F3O3Si/c1-4-15(12-2,13-3)14-6-7(9)5-8(10)11/h5,7H,4,6H2,1-3H3. The van der Waals surface area contributed by atoms with E-state index >= 15 is 0 Å². The van der Waals surface area contributed by atoms with Crippen LogP contribution in [-0.4, -0.2) is 35.8 Å². The van der Waals surface area contributed by atoms with Crippen LogP contribution in [0.4, 0.5) is 13.2 Å². The quantitative estimate of drug-likeness (QED) is 0.643. The summed E-state index contributed by atoms with van der Waals surface area (Å²) in [4.78, 5) is 0. The summed E-state index contributed by atoms with van der Waals surface area (Å²) in [5.41, 5.74) is 0. The first-order chi connectivity index (χ1) is 6.99. The molecule has 0 aromatic heterocycles. The molecule has 0 aliphatic carbocycles. The summed E-state index contributed by atoms with van der Waals surface area (Å²) in [7, 11) is -0.0715. The summed E-state index contributed by atoms with van der Waals surface area (Å²) < 4.78 is 51.3. The summed E-state index contributed by atoms with van der Waals surface area (Å²) in [6.07, 6.45) is -3.72. The van der Waals surface area contributed by atoms with E-state index in [4.69, 9.17) is 13.3 Å². The third kappa shape index (κ3) is 5.31. The van der Waals surface area contributed by atoms with E-state index in [-0.39, 0.29) is 6.08 Å². The van der Waals surface area contributed by atoms with E-state index in [1.807, 2.05) is 0 Å². The fourth-order valence-electron chi connectivity index (χ4n) is 0.983. The number of halogens is 3. The Morgan fingerprint density at radius 3 is 2.20 bits per heavy atom. The zero-order valence-electron chi connectivity index (χ0n) is 8.93. The van der Waals surface area contributed by atoms with Gasteiger partial charge < -0.3 is 13.3 Å². The van der Waals surface area contributed by atoms with Crippen molar-refractivity contribution in [2.45, 2.75) is 19.1 Å². The second kappa shape index (κ2) is 6.99. The highest BCUT2D eigenvalue weighted by atomic mass is 28.4. The number of alkyl halides is 1. The van der Waals surface area contributed by atoms with Crippen molar-refractivity contribution in [3.63, 3.8) is 0 Å². The average molecular weight is 244 g/mol. The Kier molecular flexibility index (Phi) is 6.82. The molecule has 7 heteroatoms. The van der Waals surface area contributed by atoms with Gasteiger partial charge >= 0.3 is 8.80 Å². The smallest absolute Gasteiger partial charge is 0.377 e. The molecule has 0 bridgehead atoms. The third-order valence-corrected chi connectivity index (χ3v) is 4.54. The molecule has 1 unspecified atom stereocenters. The lowest BCUT2D eigenvalue weighted by Gasteiger charge is -2.25. The monoisotopic (exact) mass is 244 g/mol. The first kappa shape index (κ1) is 14.6. The van der Waals surface area contributed by atoms with Crippen LogP contribution in [0.25, 0.3) is 0 Å². The molecule has 0 saturated carbocycles. The predicted octanol–water partition coefficient (Wildman–Crippen LogP) is 2.37. The van der Waals surface area contributed by atoms with Crippen LogP contribution in [-0.2, 0) is 13.3 Å². The minimum absolute atomic E-state index is 0.195. The highest BCUT2D eigenvalue weighted by Crippen LogP contribution is 2.14. The van der Waals surface area contributed by atoms with E-state index in [1.165, 1.54) is 14.2 Å². The molecule has 0 aromatic carbocycles. The van der Waals surface area contributed by atoms with Gasteiger partial charge in [0.1, 0.15) is 6.17 Å². The SMILES string of the molecule is CC[Si](OC)(OC)OCC(F)C=C(F)F. The van der Waals surface area contributed by atoms with Gasteiger partial charge in [-0.25, -0.2) is 4.39 Å². The summed E-state index contributed by atoms with van der Waals surface area (Å²) >= 11 is 0. The van der Waals surface area contributed by atoms with Crippen LogP contribution in [0.5, 0.6) is 0 Å². The van der Waals surface area contributed by atoms with Gasteiger partial charge in [-0.05, 0) is 0 Å². The van der Waals surface area contributed by atoms with Crippen molar-refractivity contribution in [3.05, 3.63) is 12.2 Å². The molecule has 90 valence electrons. The van der Waals surface area contributed by atoms with Crippen molar-refractivity contribution < 1.29 is 26.4 Å². The van der Waals surface area contributed by atoms with E-state index in [0.29, 0.717) is 6.04 Å². The maximum absolute atomic E-state index is 12.8. The molecule has 0 aliphatic heterocycles. The molecule has 15 heavy (non-hydrogen) atoms. The lowest BCUT2D eigenvalue weighted by atomic mass is 10.4. The Bertz CT molecular complexity index is 197. The van der Waals surface area contributed by atoms with E-state index in [0.717, 1.165) is 0 Å². The number of hydrogen-bond donors (Lipinski definition) is 0. The molecule has 0 aromatic rings. The first-order valence-electron chi connectivity index (χ1n) is 4.40.